The number of ether oxygens (including phenoxy) is 2. The van der Waals surface area contributed by atoms with Gasteiger partial charge in [-0.3, -0.25) is 0 Å². The maximum atomic E-state index is 12.4. The van der Waals surface area contributed by atoms with Gasteiger partial charge in [0.2, 0.25) is 0 Å². The molecule has 1 unspecified atom stereocenters. The number of hydrogen-bond donors (Lipinski definition) is 1. The maximum Gasteiger partial charge on any atom is 0.407 e. The predicted molar refractivity (Wildman–Crippen MR) is 129 cm³/mol. The normalized spacial score (nSPS) is 12.9. The number of unbranched alkanes of at least 4 members (excludes halogenated alkanes) is 13. The molecule has 0 heterocycles. The predicted octanol–water partition coefficient (Wildman–Crippen LogP) is 7.56. The minimum Gasteiger partial charge on any atom is -0.464 e. The maximum absolute atomic E-state index is 12.4. The van der Waals surface area contributed by atoms with Gasteiger partial charge in [-0.05, 0) is 18.8 Å². The van der Waals surface area contributed by atoms with Gasteiger partial charge in [-0.2, -0.15) is 0 Å². The summed E-state index contributed by atoms with van der Waals surface area (Å²) in [4.78, 5) is 24.3. The number of hydrogen-bond acceptors (Lipinski definition) is 4. The molecule has 2 atom stereocenters. The molecule has 0 fully saturated rings. The van der Waals surface area contributed by atoms with Gasteiger partial charge in [0.05, 0.1) is 13.2 Å². The van der Waals surface area contributed by atoms with Gasteiger partial charge in [-0.1, -0.05) is 118 Å². The number of carbonyl (C=O) groups is 2. The second-order valence-corrected chi connectivity index (χ2v) is 8.91. The van der Waals surface area contributed by atoms with Crippen molar-refractivity contribution in [3.63, 3.8) is 0 Å². The molecule has 0 aliphatic carbocycles. The standard InChI is InChI=1S/C26H51NO4/c1-5-8-10-11-12-13-14-15-16-17-18-19-20-22-30-25(28)24(23(4)7-3)27-26(29)31-21-9-6-2/h23-24H,5-22H2,1-4H3,(H,27,29)/t23?,24-/m0/s1. The topological polar surface area (TPSA) is 64.6 Å². The molecule has 1 N–H and O–H groups in total. The first-order valence-corrected chi connectivity index (χ1v) is 13.2. The Kier molecular flexibility index (Phi) is 21.1. The molecule has 0 rings (SSSR count). The van der Waals surface area contributed by atoms with Crippen molar-refractivity contribution in [2.75, 3.05) is 13.2 Å². The van der Waals surface area contributed by atoms with Crippen LogP contribution in [0.15, 0.2) is 0 Å². The van der Waals surface area contributed by atoms with E-state index in [0.29, 0.717) is 13.2 Å². The molecule has 0 radical (unpaired) electrons. The van der Waals surface area contributed by atoms with Crippen LogP contribution in [0.1, 0.15) is 130 Å². The third-order valence-corrected chi connectivity index (χ3v) is 5.96. The minimum absolute atomic E-state index is 0.0119. The van der Waals surface area contributed by atoms with Gasteiger partial charge in [0.25, 0.3) is 0 Å². The van der Waals surface area contributed by atoms with Crippen LogP contribution in [-0.4, -0.2) is 31.3 Å². The van der Waals surface area contributed by atoms with Crippen LogP contribution in [-0.2, 0) is 14.3 Å². The molecule has 1 amide bonds. The zero-order valence-electron chi connectivity index (χ0n) is 21.0. The summed E-state index contributed by atoms with van der Waals surface area (Å²) in [5.74, 6) is -0.335. The van der Waals surface area contributed by atoms with Crippen LogP contribution in [0.3, 0.4) is 0 Å². The molecule has 0 saturated carbocycles. The third-order valence-electron chi connectivity index (χ3n) is 5.96. The van der Waals surface area contributed by atoms with Crippen LogP contribution in [0.4, 0.5) is 4.79 Å². The molecule has 5 nitrogen and oxygen atoms in total. The number of alkyl carbamates (subject to hydrolysis) is 1. The van der Waals surface area contributed by atoms with E-state index in [1.165, 1.54) is 70.6 Å². The third kappa shape index (κ3) is 18.1. The molecule has 0 aliphatic heterocycles. The smallest absolute Gasteiger partial charge is 0.407 e. The van der Waals surface area contributed by atoms with Crippen LogP contribution in [0.2, 0.25) is 0 Å². The molecule has 0 spiro atoms. The number of carbonyl (C=O) groups excluding carboxylic acids is 2. The second kappa shape index (κ2) is 22.0. The highest BCUT2D eigenvalue weighted by atomic mass is 16.6. The van der Waals surface area contributed by atoms with Gasteiger partial charge in [-0.15, -0.1) is 0 Å². The number of rotatable bonds is 21. The lowest BCUT2D eigenvalue weighted by Gasteiger charge is -2.22. The van der Waals surface area contributed by atoms with Crippen molar-refractivity contribution in [1.29, 1.82) is 0 Å². The lowest BCUT2D eigenvalue weighted by Crippen LogP contribution is -2.46. The molecule has 31 heavy (non-hydrogen) atoms. The highest BCUT2D eigenvalue weighted by molar-refractivity contribution is 5.81. The van der Waals surface area contributed by atoms with Gasteiger partial charge in [-0.25, -0.2) is 9.59 Å². The SMILES string of the molecule is CCCCCCCCCCCCCCCOC(=O)[C@@H](NC(=O)OCCCC)C(C)CC. The van der Waals surface area contributed by atoms with Crippen LogP contribution < -0.4 is 5.32 Å². The summed E-state index contributed by atoms with van der Waals surface area (Å²) in [5.41, 5.74) is 0. The summed E-state index contributed by atoms with van der Waals surface area (Å²) in [7, 11) is 0. The molecule has 5 heteroatoms. The van der Waals surface area contributed by atoms with E-state index in [1.54, 1.807) is 0 Å². The van der Waals surface area contributed by atoms with E-state index in [1.807, 2.05) is 20.8 Å². The van der Waals surface area contributed by atoms with E-state index in [4.69, 9.17) is 9.47 Å². The van der Waals surface area contributed by atoms with E-state index >= 15 is 0 Å². The van der Waals surface area contributed by atoms with Gasteiger partial charge in [0.1, 0.15) is 6.04 Å². The van der Waals surface area contributed by atoms with Crippen molar-refractivity contribution in [2.45, 2.75) is 136 Å². The molecular weight excluding hydrogens is 390 g/mol. The van der Waals surface area contributed by atoms with Crippen LogP contribution in [0.25, 0.3) is 0 Å². The van der Waals surface area contributed by atoms with Crippen molar-refractivity contribution in [3.8, 4) is 0 Å². The molecule has 0 aliphatic rings. The molecule has 0 aromatic rings. The highest BCUT2D eigenvalue weighted by Gasteiger charge is 2.27. The fourth-order valence-corrected chi connectivity index (χ4v) is 3.53. The Morgan fingerprint density at radius 2 is 1.10 bits per heavy atom. The molecule has 0 saturated heterocycles. The molecular formula is C26H51NO4. The summed E-state index contributed by atoms with van der Waals surface area (Å²) in [6, 6.07) is -0.638. The average Bonchev–Trinajstić information content (AvgIpc) is 2.77. The summed E-state index contributed by atoms with van der Waals surface area (Å²) < 4.78 is 10.6. The zero-order valence-corrected chi connectivity index (χ0v) is 21.0. The second-order valence-electron chi connectivity index (χ2n) is 8.91. The van der Waals surface area contributed by atoms with E-state index < -0.39 is 12.1 Å². The minimum atomic E-state index is -0.638. The van der Waals surface area contributed by atoms with Crippen LogP contribution >= 0.6 is 0 Å². The van der Waals surface area contributed by atoms with Gasteiger partial charge >= 0.3 is 12.1 Å². The van der Waals surface area contributed by atoms with Crippen molar-refractivity contribution >= 4 is 12.1 Å². The van der Waals surface area contributed by atoms with Crippen LogP contribution in [0.5, 0.6) is 0 Å². The first-order chi connectivity index (χ1) is 15.1. The monoisotopic (exact) mass is 441 g/mol. The zero-order chi connectivity index (χ0) is 23.2. The summed E-state index contributed by atoms with van der Waals surface area (Å²) in [6.45, 7) is 9.06. The summed E-state index contributed by atoms with van der Waals surface area (Å²) in [6.07, 6.45) is 18.8. The highest BCUT2D eigenvalue weighted by Crippen LogP contribution is 2.13. The van der Waals surface area contributed by atoms with Crippen molar-refractivity contribution in [1.82, 2.24) is 5.32 Å². The van der Waals surface area contributed by atoms with Gasteiger partial charge < -0.3 is 14.8 Å². The average molecular weight is 442 g/mol. The Balaban J connectivity index is 3.78. The quantitative estimate of drug-likeness (QED) is 0.147. The lowest BCUT2D eigenvalue weighted by molar-refractivity contribution is -0.147. The molecule has 0 aromatic carbocycles. The van der Waals surface area contributed by atoms with Crippen molar-refractivity contribution < 1.29 is 19.1 Å². The number of nitrogens with one attached hydrogen (secondary N) is 1. The number of esters is 1. The Hall–Kier alpha value is -1.26. The van der Waals surface area contributed by atoms with E-state index in [0.717, 1.165) is 32.1 Å². The molecule has 0 bridgehead atoms. The Labute approximate surface area is 192 Å². The lowest BCUT2D eigenvalue weighted by atomic mass is 9.99. The summed E-state index contributed by atoms with van der Waals surface area (Å²) in [5, 5.41) is 2.69. The van der Waals surface area contributed by atoms with Crippen molar-refractivity contribution in [2.24, 2.45) is 5.92 Å². The molecule has 0 aromatic heterocycles. The van der Waals surface area contributed by atoms with Gasteiger partial charge in [0.15, 0.2) is 0 Å². The fraction of sp³-hybridized carbons (Fsp3) is 0.923. The summed E-state index contributed by atoms with van der Waals surface area (Å²) >= 11 is 0. The fourth-order valence-electron chi connectivity index (χ4n) is 3.53. The molecule has 184 valence electrons. The first-order valence-electron chi connectivity index (χ1n) is 13.2. The van der Waals surface area contributed by atoms with E-state index in [-0.39, 0.29) is 11.9 Å². The van der Waals surface area contributed by atoms with E-state index in [9.17, 15) is 9.59 Å². The van der Waals surface area contributed by atoms with E-state index in [2.05, 4.69) is 12.2 Å². The number of amides is 1. The Morgan fingerprint density at radius 1 is 0.645 bits per heavy atom. The Bertz CT molecular complexity index is 428. The first kappa shape index (κ1) is 29.7. The largest absolute Gasteiger partial charge is 0.464 e. The van der Waals surface area contributed by atoms with Crippen LogP contribution in [0, 0.1) is 5.92 Å². The Morgan fingerprint density at radius 3 is 1.58 bits per heavy atom. The van der Waals surface area contributed by atoms with Gasteiger partial charge in [0, 0.05) is 0 Å². The van der Waals surface area contributed by atoms with Crippen molar-refractivity contribution in [3.05, 3.63) is 0 Å².